The van der Waals surface area contributed by atoms with Crippen LogP contribution in [0.2, 0.25) is 0 Å². The summed E-state index contributed by atoms with van der Waals surface area (Å²) < 4.78 is 14.1. The molecule has 0 saturated carbocycles. The van der Waals surface area contributed by atoms with E-state index in [9.17, 15) is 14.0 Å². The summed E-state index contributed by atoms with van der Waals surface area (Å²) in [6.07, 6.45) is 1.38. The van der Waals surface area contributed by atoms with Crippen molar-refractivity contribution in [2.45, 2.75) is 0 Å². The average Bonchev–Trinajstić information content (AvgIpc) is 2.39. The number of hydrogen-bond acceptors (Lipinski definition) is 4. The molecule has 3 N–H and O–H groups in total. The number of aromatic nitrogens is 2. The van der Waals surface area contributed by atoms with Gasteiger partial charge >= 0.3 is 0 Å². The first kappa shape index (κ1) is 11.9. The monoisotopic (exact) mass is 248 g/mol. The summed E-state index contributed by atoms with van der Waals surface area (Å²) in [5.41, 5.74) is 1.48. The topological polar surface area (TPSA) is 90.0 Å². The second-order valence-corrected chi connectivity index (χ2v) is 3.42. The molecule has 0 unspecified atom stereocenters. The van der Waals surface area contributed by atoms with Crippen LogP contribution in [0.25, 0.3) is 5.69 Å². The largest absolute Gasteiger partial charge is 0.289 e. The molecule has 0 aliphatic rings. The van der Waals surface area contributed by atoms with Crippen LogP contribution in [0.15, 0.2) is 41.3 Å². The van der Waals surface area contributed by atoms with Gasteiger partial charge in [-0.15, -0.1) is 0 Å². The van der Waals surface area contributed by atoms with Crippen molar-refractivity contribution in [1.29, 1.82) is 0 Å². The lowest BCUT2D eigenvalue weighted by molar-refractivity contribution is 0.0945. The van der Waals surface area contributed by atoms with Crippen LogP contribution in [0, 0.1) is 5.82 Å². The number of nitrogens with two attached hydrogens (primary N) is 1. The Morgan fingerprint density at radius 1 is 1.28 bits per heavy atom. The van der Waals surface area contributed by atoms with Crippen LogP contribution >= 0.6 is 0 Å². The van der Waals surface area contributed by atoms with E-state index in [2.05, 4.69) is 5.10 Å². The molecule has 0 spiro atoms. The molecule has 7 heteroatoms. The number of hydrogen-bond donors (Lipinski definition) is 2. The van der Waals surface area contributed by atoms with Crippen LogP contribution < -0.4 is 16.7 Å². The Morgan fingerprint density at radius 2 is 1.94 bits per heavy atom. The number of rotatable bonds is 2. The fraction of sp³-hybridized carbons (Fsp3) is 0. The number of carbonyl (C=O) groups is 1. The van der Waals surface area contributed by atoms with Gasteiger partial charge in [0.25, 0.3) is 5.91 Å². The molecule has 1 aromatic heterocycles. The van der Waals surface area contributed by atoms with Crippen LogP contribution in [0.3, 0.4) is 0 Å². The Morgan fingerprint density at radius 3 is 2.56 bits per heavy atom. The third-order valence-electron chi connectivity index (χ3n) is 2.25. The molecule has 2 rings (SSSR count). The zero-order valence-electron chi connectivity index (χ0n) is 9.13. The Balaban J connectivity index is 2.50. The molecule has 1 heterocycles. The van der Waals surface area contributed by atoms with Gasteiger partial charge in [0.2, 0.25) is 5.43 Å². The third-order valence-corrected chi connectivity index (χ3v) is 2.25. The molecule has 0 aliphatic heterocycles. The van der Waals surface area contributed by atoms with E-state index in [4.69, 9.17) is 5.84 Å². The van der Waals surface area contributed by atoms with Gasteiger partial charge in [-0.1, -0.05) is 0 Å². The predicted molar refractivity (Wildman–Crippen MR) is 61.4 cm³/mol. The predicted octanol–water partition coefficient (Wildman–Crippen LogP) is -0.0249. The lowest BCUT2D eigenvalue weighted by atomic mass is 10.3. The standard InChI is InChI=1S/C11H9FN4O2/c12-7-1-3-8(4-2-7)16-6-5-9(17)10(15-16)11(18)14-13/h1-6H,13H2,(H,14,18). The Kier molecular flexibility index (Phi) is 3.16. The van der Waals surface area contributed by atoms with Gasteiger partial charge in [-0.05, 0) is 24.3 Å². The lowest BCUT2D eigenvalue weighted by Gasteiger charge is -2.06. The smallest absolute Gasteiger partial charge is 0.289 e. The molecule has 2 aromatic rings. The van der Waals surface area contributed by atoms with Gasteiger partial charge in [0.05, 0.1) is 5.69 Å². The molecular weight excluding hydrogens is 239 g/mol. The summed E-state index contributed by atoms with van der Waals surface area (Å²) in [4.78, 5) is 22.7. The molecule has 0 aliphatic carbocycles. The van der Waals surface area contributed by atoms with Gasteiger partial charge in [-0.25, -0.2) is 14.9 Å². The van der Waals surface area contributed by atoms with E-state index in [1.165, 1.54) is 41.2 Å². The maximum atomic E-state index is 12.8. The van der Waals surface area contributed by atoms with E-state index < -0.39 is 11.3 Å². The fourth-order valence-electron chi connectivity index (χ4n) is 1.37. The molecule has 0 radical (unpaired) electrons. The fourth-order valence-corrected chi connectivity index (χ4v) is 1.37. The first-order chi connectivity index (χ1) is 8.61. The van der Waals surface area contributed by atoms with Gasteiger partial charge in [-0.2, -0.15) is 5.10 Å². The van der Waals surface area contributed by atoms with Crippen molar-refractivity contribution >= 4 is 5.91 Å². The van der Waals surface area contributed by atoms with Gasteiger partial charge in [-0.3, -0.25) is 15.0 Å². The number of nitrogens with zero attached hydrogens (tertiary/aromatic N) is 2. The van der Waals surface area contributed by atoms with Crippen molar-refractivity contribution in [1.82, 2.24) is 15.2 Å². The number of carbonyl (C=O) groups excluding carboxylic acids is 1. The molecule has 18 heavy (non-hydrogen) atoms. The van der Waals surface area contributed by atoms with Crippen LogP contribution in [-0.2, 0) is 0 Å². The van der Waals surface area contributed by atoms with Crippen LogP contribution in [0.5, 0.6) is 0 Å². The third kappa shape index (κ3) is 2.25. The molecule has 92 valence electrons. The summed E-state index contributed by atoms with van der Waals surface area (Å²) in [5, 5.41) is 3.83. The van der Waals surface area contributed by atoms with E-state index in [0.29, 0.717) is 5.69 Å². The lowest BCUT2D eigenvalue weighted by Crippen LogP contribution is -2.35. The Labute approximate surface area is 101 Å². The van der Waals surface area contributed by atoms with Crippen molar-refractivity contribution in [2.75, 3.05) is 0 Å². The number of nitrogen functional groups attached to an aromatic ring is 1. The summed E-state index contributed by atoms with van der Waals surface area (Å²) in [6.45, 7) is 0. The maximum Gasteiger partial charge on any atom is 0.289 e. The Bertz CT molecular complexity index is 636. The van der Waals surface area contributed by atoms with Crippen molar-refractivity contribution in [2.24, 2.45) is 5.84 Å². The number of amides is 1. The van der Waals surface area contributed by atoms with E-state index in [1.54, 1.807) is 0 Å². The number of benzene rings is 1. The van der Waals surface area contributed by atoms with Crippen molar-refractivity contribution in [3.05, 3.63) is 58.3 Å². The number of hydrazine groups is 1. The summed E-state index contributed by atoms with van der Waals surface area (Å²) in [6, 6.07) is 6.62. The minimum absolute atomic E-state index is 0.329. The number of nitrogens with one attached hydrogen (secondary N) is 1. The Hall–Kier alpha value is -2.54. The quantitative estimate of drug-likeness (QED) is 0.444. The molecular formula is C11H9FN4O2. The van der Waals surface area contributed by atoms with Gasteiger partial charge in [0, 0.05) is 12.3 Å². The van der Waals surface area contributed by atoms with Crippen molar-refractivity contribution in [3.63, 3.8) is 0 Å². The molecule has 0 fully saturated rings. The normalized spacial score (nSPS) is 10.1. The van der Waals surface area contributed by atoms with E-state index in [1.807, 2.05) is 5.43 Å². The first-order valence-electron chi connectivity index (χ1n) is 4.98. The highest BCUT2D eigenvalue weighted by atomic mass is 19.1. The SMILES string of the molecule is NNC(=O)c1nn(-c2ccc(F)cc2)ccc1=O. The number of halogens is 1. The second kappa shape index (κ2) is 4.76. The molecule has 6 nitrogen and oxygen atoms in total. The van der Waals surface area contributed by atoms with Gasteiger partial charge in [0.1, 0.15) is 5.82 Å². The van der Waals surface area contributed by atoms with E-state index in [-0.39, 0.29) is 11.5 Å². The average molecular weight is 248 g/mol. The van der Waals surface area contributed by atoms with E-state index >= 15 is 0 Å². The van der Waals surface area contributed by atoms with Gasteiger partial charge < -0.3 is 0 Å². The minimum atomic E-state index is -0.781. The molecule has 0 saturated heterocycles. The van der Waals surface area contributed by atoms with Crippen LogP contribution in [0.4, 0.5) is 4.39 Å². The highest BCUT2D eigenvalue weighted by Gasteiger charge is 2.11. The summed E-state index contributed by atoms with van der Waals surface area (Å²) >= 11 is 0. The maximum absolute atomic E-state index is 12.8. The first-order valence-corrected chi connectivity index (χ1v) is 4.98. The van der Waals surface area contributed by atoms with Crippen molar-refractivity contribution in [3.8, 4) is 5.69 Å². The van der Waals surface area contributed by atoms with Crippen molar-refractivity contribution < 1.29 is 9.18 Å². The van der Waals surface area contributed by atoms with Crippen LogP contribution in [0.1, 0.15) is 10.5 Å². The van der Waals surface area contributed by atoms with Crippen LogP contribution in [-0.4, -0.2) is 15.7 Å². The summed E-state index contributed by atoms with van der Waals surface area (Å²) in [5.74, 6) is 3.77. The summed E-state index contributed by atoms with van der Waals surface area (Å²) in [7, 11) is 0. The van der Waals surface area contributed by atoms with E-state index in [0.717, 1.165) is 0 Å². The molecule has 1 aromatic carbocycles. The highest BCUT2D eigenvalue weighted by molar-refractivity contribution is 5.91. The minimum Gasteiger partial charge on any atom is -0.289 e. The molecule has 1 amide bonds. The highest BCUT2D eigenvalue weighted by Crippen LogP contribution is 2.06. The zero-order chi connectivity index (χ0) is 13.1. The zero-order valence-corrected chi connectivity index (χ0v) is 9.13. The molecule has 0 atom stereocenters. The van der Waals surface area contributed by atoms with Gasteiger partial charge in [0.15, 0.2) is 5.69 Å². The second-order valence-electron chi connectivity index (χ2n) is 3.42. The molecule has 0 bridgehead atoms.